The van der Waals surface area contributed by atoms with Crippen LogP contribution in [0.15, 0.2) is 0 Å². The fourth-order valence-electron chi connectivity index (χ4n) is 1.17. The molecule has 1 atom stereocenters. The molecule has 1 rings (SSSR count). The Morgan fingerprint density at radius 1 is 1.78 bits per heavy atom. The molecule has 0 aromatic rings. The standard InChI is InChI=1S/C6H12N2O/c7-6(9)3-5-1-2-8-4-5/h5,8H,1-4H2,(H2,7,9). The normalized spacial score (nSPS) is 26.4. The molecule has 0 aliphatic carbocycles. The molecule has 52 valence electrons. The van der Waals surface area contributed by atoms with Crippen LogP contribution in [0.3, 0.4) is 0 Å². The molecule has 0 aromatic heterocycles. The van der Waals surface area contributed by atoms with Gasteiger partial charge in [-0.3, -0.25) is 4.79 Å². The molecule has 9 heavy (non-hydrogen) atoms. The molecule has 1 aliphatic heterocycles. The predicted octanol–water partition coefficient (Wildman–Crippen LogP) is -0.529. The quantitative estimate of drug-likeness (QED) is 0.525. The number of amides is 1. The first kappa shape index (κ1) is 6.55. The number of hydrogen-bond donors (Lipinski definition) is 2. The minimum Gasteiger partial charge on any atom is -0.370 e. The molecule has 1 amide bonds. The molecule has 3 nitrogen and oxygen atoms in total. The Hall–Kier alpha value is -0.570. The summed E-state index contributed by atoms with van der Waals surface area (Å²) in [5.41, 5.74) is 5.01. The number of carbonyl (C=O) groups is 1. The molecule has 0 aromatic carbocycles. The lowest BCUT2D eigenvalue weighted by Crippen LogP contribution is -2.18. The van der Waals surface area contributed by atoms with Crippen molar-refractivity contribution in [3.8, 4) is 0 Å². The molecule has 1 fully saturated rings. The van der Waals surface area contributed by atoms with Crippen LogP contribution in [0, 0.1) is 5.92 Å². The fraction of sp³-hybridized carbons (Fsp3) is 0.833. The second-order valence-electron chi connectivity index (χ2n) is 2.53. The van der Waals surface area contributed by atoms with Crippen molar-refractivity contribution in [1.82, 2.24) is 5.32 Å². The van der Waals surface area contributed by atoms with Gasteiger partial charge in [0.15, 0.2) is 0 Å². The Balaban J connectivity index is 2.19. The lowest BCUT2D eigenvalue weighted by atomic mass is 10.1. The predicted molar refractivity (Wildman–Crippen MR) is 34.8 cm³/mol. The molecular formula is C6H12N2O. The van der Waals surface area contributed by atoms with E-state index in [-0.39, 0.29) is 5.91 Å². The van der Waals surface area contributed by atoms with E-state index in [4.69, 9.17) is 5.73 Å². The van der Waals surface area contributed by atoms with E-state index in [1.807, 2.05) is 0 Å². The molecule has 1 heterocycles. The number of nitrogens with two attached hydrogens (primary N) is 1. The molecule has 1 aliphatic rings. The largest absolute Gasteiger partial charge is 0.370 e. The molecule has 0 spiro atoms. The zero-order valence-electron chi connectivity index (χ0n) is 5.39. The maximum atomic E-state index is 10.3. The van der Waals surface area contributed by atoms with Gasteiger partial charge in [0.1, 0.15) is 0 Å². The van der Waals surface area contributed by atoms with Crippen LogP contribution in [0.4, 0.5) is 0 Å². The number of carbonyl (C=O) groups excluding carboxylic acids is 1. The molecule has 0 radical (unpaired) electrons. The second kappa shape index (κ2) is 2.82. The van der Waals surface area contributed by atoms with Gasteiger partial charge >= 0.3 is 0 Å². The molecule has 3 heteroatoms. The van der Waals surface area contributed by atoms with Crippen molar-refractivity contribution in [3.63, 3.8) is 0 Å². The number of primary amides is 1. The van der Waals surface area contributed by atoms with Gasteiger partial charge in [-0.15, -0.1) is 0 Å². The first-order valence-electron chi connectivity index (χ1n) is 3.28. The minimum atomic E-state index is -0.177. The highest BCUT2D eigenvalue weighted by molar-refractivity contribution is 5.74. The lowest BCUT2D eigenvalue weighted by Gasteiger charge is -2.01. The number of rotatable bonds is 2. The van der Waals surface area contributed by atoms with Crippen LogP contribution in [0.5, 0.6) is 0 Å². The van der Waals surface area contributed by atoms with E-state index in [2.05, 4.69) is 5.32 Å². The van der Waals surface area contributed by atoms with Crippen molar-refractivity contribution >= 4 is 5.91 Å². The average Bonchev–Trinajstić information content (AvgIpc) is 2.15. The van der Waals surface area contributed by atoms with Crippen LogP contribution in [-0.2, 0) is 4.79 Å². The third-order valence-corrected chi connectivity index (χ3v) is 1.65. The van der Waals surface area contributed by atoms with Crippen LogP contribution in [-0.4, -0.2) is 19.0 Å². The van der Waals surface area contributed by atoms with Crippen LogP contribution < -0.4 is 11.1 Å². The van der Waals surface area contributed by atoms with Gasteiger partial charge in [0.25, 0.3) is 0 Å². The summed E-state index contributed by atoms with van der Waals surface area (Å²) in [5.74, 6) is 0.325. The fourth-order valence-corrected chi connectivity index (χ4v) is 1.17. The van der Waals surface area contributed by atoms with E-state index < -0.39 is 0 Å². The topological polar surface area (TPSA) is 55.1 Å². The summed E-state index contributed by atoms with van der Waals surface area (Å²) < 4.78 is 0. The Morgan fingerprint density at radius 2 is 2.56 bits per heavy atom. The Morgan fingerprint density at radius 3 is 3.00 bits per heavy atom. The third-order valence-electron chi connectivity index (χ3n) is 1.65. The van der Waals surface area contributed by atoms with Crippen molar-refractivity contribution in [3.05, 3.63) is 0 Å². The second-order valence-corrected chi connectivity index (χ2v) is 2.53. The van der Waals surface area contributed by atoms with Crippen LogP contribution in [0.25, 0.3) is 0 Å². The number of nitrogens with one attached hydrogen (secondary N) is 1. The summed E-state index contributed by atoms with van der Waals surface area (Å²) in [7, 11) is 0. The first-order valence-corrected chi connectivity index (χ1v) is 3.28. The van der Waals surface area contributed by atoms with Crippen LogP contribution in [0.2, 0.25) is 0 Å². The van der Waals surface area contributed by atoms with Crippen LogP contribution >= 0.6 is 0 Å². The smallest absolute Gasteiger partial charge is 0.217 e. The Bertz CT molecular complexity index is 108. The van der Waals surface area contributed by atoms with E-state index >= 15 is 0 Å². The van der Waals surface area contributed by atoms with E-state index in [1.54, 1.807) is 0 Å². The van der Waals surface area contributed by atoms with Crippen molar-refractivity contribution in [2.45, 2.75) is 12.8 Å². The molecular weight excluding hydrogens is 116 g/mol. The molecule has 3 N–H and O–H groups in total. The Labute approximate surface area is 54.6 Å². The highest BCUT2D eigenvalue weighted by Crippen LogP contribution is 2.10. The molecule has 0 bridgehead atoms. The minimum absolute atomic E-state index is 0.177. The molecule has 0 saturated carbocycles. The van der Waals surface area contributed by atoms with Crippen molar-refractivity contribution < 1.29 is 4.79 Å². The lowest BCUT2D eigenvalue weighted by molar-refractivity contribution is -0.118. The summed E-state index contributed by atoms with van der Waals surface area (Å²) in [6.45, 7) is 2.00. The third kappa shape index (κ3) is 2.01. The van der Waals surface area contributed by atoms with Gasteiger partial charge in [0.2, 0.25) is 5.91 Å². The van der Waals surface area contributed by atoms with Crippen LogP contribution in [0.1, 0.15) is 12.8 Å². The number of hydrogen-bond acceptors (Lipinski definition) is 2. The van der Waals surface area contributed by atoms with Crippen molar-refractivity contribution in [2.24, 2.45) is 11.7 Å². The average molecular weight is 128 g/mol. The van der Waals surface area contributed by atoms with Crippen molar-refractivity contribution in [1.29, 1.82) is 0 Å². The maximum Gasteiger partial charge on any atom is 0.217 e. The van der Waals surface area contributed by atoms with Gasteiger partial charge < -0.3 is 11.1 Å². The highest BCUT2D eigenvalue weighted by Gasteiger charge is 2.15. The van der Waals surface area contributed by atoms with Crippen molar-refractivity contribution in [2.75, 3.05) is 13.1 Å². The van der Waals surface area contributed by atoms with Gasteiger partial charge in [-0.2, -0.15) is 0 Å². The van der Waals surface area contributed by atoms with E-state index in [0.29, 0.717) is 12.3 Å². The van der Waals surface area contributed by atoms with Gasteiger partial charge in [0.05, 0.1) is 0 Å². The highest BCUT2D eigenvalue weighted by atomic mass is 16.1. The van der Waals surface area contributed by atoms with E-state index in [1.165, 1.54) is 0 Å². The van der Waals surface area contributed by atoms with Gasteiger partial charge in [0, 0.05) is 6.42 Å². The maximum absolute atomic E-state index is 10.3. The van der Waals surface area contributed by atoms with Gasteiger partial charge in [-0.1, -0.05) is 0 Å². The van der Waals surface area contributed by atoms with Gasteiger partial charge in [-0.05, 0) is 25.4 Å². The van der Waals surface area contributed by atoms with Gasteiger partial charge in [-0.25, -0.2) is 0 Å². The zero-order valence-corrected chi connectivity index (χ0v) is 5.39. The first-order chi connectivity index (χ1) is 4.29. The summed E-state index contributed by atoms with van der Waals surface area (Å²) in [4.78, 5) is 10.3. The van der Waals surface area contributed by atoms with E-state index in [0.717, 1.165) is 19.5 Å². The monoisotopic (exact) mass is 128 g/mol. The van der Waals surface area contributed by atoms with E-state index in [9.17, 15) is 4.79 Å². The molecule has 1 unspecified atom stereocenters. The summed E-state index contributed by atoms with van der Waals surface area (Å²) in [6, 6.07) is 0. The summed E-state index contributed by atoms with van der Waals surface area (Å²) >= 11 is 0. The molecule has 1 saturated heterocycles. The zero-order chi connectivity index (χ0) is 6.69. The summed E-state index contributed by atoms with van der Waals surface area (Å²) in [5, 5.41) is 3.17. The Kier molecular flexibility index (Phi) is 2.05. The SMILES string of the molecule is NC(=O)CC1CCNC1. The summed E-state index contributed by atoms with van der Waals surface area (Å²) in [6.07, 6.45) is 1.65.